The predicted octanol–water partition coefficient (Wildman–Crippen LogP) is 1.27. The third-order valence-electron chi connectivity index (χ3n) is 5.62. The molecule has 3 heterocycles. The highest BCUT2D eigenvalue weighted by molar-refractivity contribution is 6.03. The van der Waals surface area contributed by atoms with E-state index in [9.17, 15) is 9.59 Å². The average Bonchev–Trinajstić information content (AvgIpc) is 2.85. The standard InChI is InChI=1S/C23H28N6O5/c1-28-22(31)16-5-6-17(34-11-3-8-29-9-12-33-13-10-29)20(32-2)19(16)26-23(28)27-21(30)15-4-7-18(24)25-14-15/h4-7,14H,3,8-13H2,1-2H3,(H2,24,25)(H,26,27,30). The second-order valence-corrected chi connectivity index (χ2v) is 7.87. The molecule has 0 atom stereocenters. The van der Waals surface area contributed by atoms with Gasteiger partial charge in [0.1, 0.15) is 11.3 Å². The van der Waals surface area contributed by atoms with Crippen LogP contribution in [0.1, 0.15) is 16.8 Å². The Hall–Kier alpha value is -3.70. The first-order valence-corrected chi connectivity index (χ1v) is 11.0. The number of nitrogen functional groups attached to an aromatic ring is 1. The fourth-order valence-corrected chi connectivity index (χ4v) is 3.73. The summed E-state index contributed by atoms with van der Waals surface area (Å²) in [7, 11) is 3.03. The van der Waals surface area contributed by atoms with Crippen molar-refractivity contribution in [3.05, 3.63) is 46.4 Å². The molecule has 0 unspecified atom stereocenters. The van der Waals surface area contributed by atoms with Gasteiger partial charge in [0.15, 0.2) is 11.5 Å². The largest absolute Gasteiger partial charge is 0.491 e. The lowest BCUT2D eigenvalue weighted by atomic mass is 10.2. The molecule has 0 radical (unpaired) electrons. The Morgan fingerprint density at radius 2 is 2.03 bits per heavy atom. The molecule has 0 spiro atoms. The van der Waals surface area contributed by atoms with Crippen LogP contribution in [0.25, 0.3) is 10.9 Å². The monoisotopic (exact) mass is 468 g/mol. The van der Waals surface area contributed by atoms with Crippen molar-refractivity contribution in [1.29, 1.82) is 0 Å². The van der Waals surface area contributed by atoms with Crippen molar-refractivity contribution < 1.29 is 19.0 Å². The summed E-state index contributed by atoms with van der Waals surface area (Å²) >= 11 is 0. The maximum atomic E-state index is 13.0. The smallest absolute Gasteiger partial charge is 0.262 e. The molecule has 1 aromatic carbocycles. The van der Waals surface area contributed by atoms with Crippen molar-refractivity contribution in [2.75, 3.05) is 57.6 Å². The van der Waals surface area contributed by atoms with Gasteiger partial charge in [-0.25, -0.2) is 9.97 Å². The molecule has 1 amide bonds. The topological polar surface area (TPSA) is 134 Å². The molecule has 0 aliphatic carbocycles. The Labute approximate surface area is 196 Å². The van der Waals surface area contributed by atoms with E-state index in [0.717, 1.165) is 39.3 Å². The molecule has 1 saturated heterocycles. The molecule has 3 aromatic rings. The van der Waals surface area contributed by atoms with Crippen LogP contribution in [0.4, 0.5) is 11.8 Å². The predicted molar refractivity (Wildman–Crippen MR) is 128 cm³/mol. The van der Waals surface area contributed by atoms with Crippen LogP contribution in [0, 0.1) is 0 Å². The minimum atomic E-state index is -0.469. The maximum Gasteiger partial charge on any atom is 0.262 e. The van der Waals surface area contributed by atoms with Gasteiger partial charge in [0.25, 0.3) is 11.5 Å². The molecule has 1 aliphatic heterocycles. The van der Waals surface area contributed by atoms with Crippen molar-refractivity contribution in [3.8, 4) is 11.5 Å². The van der Waals surface area contributed by atoms with Gasteiger partial charge in [-0.15, -0.1) is 0 Å². The second-order valence-electron chi connectivity index (χ2n) is 7.87. The van der Waals surface area contributed by atoms with E-state index in [4.69, 9.17) is 19.9 Å². The minimum Gasteiger partial charge on any atom is -0.491 e. The van der Waals surface area contributed by atoms with Gasteiger partial charge in [0.05, 0.1) is 37.9 Å². The van der Waals surface area contributed by atoms with Crippen LogP contribution in [-0.4, -0.2) is 71.9 Å². The number of amides is 1. The zero-order valence-corrected chi connectivity index (χ0v) is 19.2. The van der Waals surface area contributed by atoms with E-state index < -0.39 is 5.91 Å². The minimum absolute atomic E-state index is 0.0714. The van der Waals surface area contributed by atoms with Crippen LogP contribution in [0.5, 0.6) is 11.5 Å². The molecule has 1 fully saturated rings. The summed E-state index contributed by atoms with van der Waals surface area (Å²) in [5.41, 5.74) is 5.85. The molecular formula is C23H28N6O5. The van der Waals surface area contributed by atoms with E-state index in [2.05, 4.69) is 20.2 Å². The normalized spacial score (nSPS) is 14.2. The lowest BCUT2D eigenvalue weighted by Gasteiger charge is -2.26. The Kier molecular flexibility index (Phi) is 7.24. The van der Waals surface area contributed by atoms with Crippen molar-refractivity contribution in [1.82, 2.24) is 19.4 Å². The number of rotatable bonds is 8. The Bertz CT molecular complexity index is 1220. The number of hydrogen-bond acceptors (Lipinski definition) is 9. The summed E-state index contributed by atoms with van der Waals surface area (Å²) in [6.45, 7) is 4.76. The molecule has 0 saturated carbocycles. The van der Waals surface area contributed by atoms with E-state index in [1.54, 1.807) is 18.2 Å². The molecule has 1 aliphatic rings. The first kappa shape index (κ1) is 23.5. The molecule has 180 valence electrons. The summed E-state index contributed by atoms with van der Waals surface area (Å²) in [4.78, 5) is 36.4. The number of anilines is 2. The molecule has 4 rings (SSSR count). The first-order valence-electron chi connectivity index (χ1n) is 11.0. The number of benzene rings is 1. The van der Waals surface area contributed by atoms with Gasteiger partial charge in [0.2, 0.25) is 5.95 Å². The summed E-state index contributed by atoms with van der Waals surface area (Å²) in [6.07, 6.45) is 2.19. The van der Waals surface area contributed by atoms with Gasteiger partial charge in [-0.1, -0.05) is 0 Å². The molecule has 11 nitrogen and oxygen atoms in total. The van der Waals surface area contributed by atoms with E-state index in [0.29, 0.717) is 34.8 Å². The number of ether oxygens (including phenoxy) is 3. The molecule has 0 bridgehead atoms. The number of carbonyl (C=O) groups excluding carboxylic acids is 1. The van der Waals surface area contributed by atoms with Gasteiger partial charge in [-0.2, -0.15) is 0 Å². The number of morpholine rings is 1. The number of hydrogen-bond donors (Lipinski definition) is 2. The molecule has 2 aromatic heterocycles. The van der Waals surface area contributed by atoms with Crippen LogP contribution >= 0.6 is 0 Å². The van der Waals surface area contributed by atoms with Crippen LogP contribution < -0.4 is 26.1 Å². The zero-order chi connectivity index (χ0) is 24.1. The third-order valence-corrected chi connectivity index (χ3v) is 5.62. The SMILES string of the molecule is COc1c(OCCCN2CCOCC2)ccc2c(=O)n(C)c(NC(=O)c3ccc(N)nc3)nc12. The fraction of sp³-hybridized carbons (Fsp3) is 0.391. The van der Waals surface area contributed by atoms with E-state index in [1.807, 2.05) is 0 Å². The zero-order valence-electron chi connectivity index (χ0n) is 19.2. The number of carbonyl (C=O) groups is 1. The molecule has 3 N–H and O–H groups in total. The highest BCUT2D eigenvalue weighted by Gasteiger charge is 2.18. The fourth-order valence-electron chi connectivity index (χ4n) is 3.73. The number of nitrogens with two attached hydrogens (primary N) is 1. The summed E-state index contributed by atoms with van der Waals surface area (Å²) in [5, 5.41) is 3.01. The highest BCUT2D eigenvalue weighted by atomic mass is 16.5. The van der Waals surface area contributed by atoms with Gasteiger partial charge in [-0.3, -0.25) is 24.4 Å². The van der Waals surface area contributed by atoms with E-state index in [1.165, 1.54) is 31.0 Å². The second kappa shape index (κ2) is 10.5. The van der Waals surface area contributed by atoms with Crippen LogP contribution in [0.2, 0.25) is 0 Å². The van der Waals surface area contributed by atoms with Crippen molar-refractivity contribution in [2.45, 2.75) is 6.42 Å². The molecular weight excluding hydrogens is 440 g/mol. The number of nitrogens with one attached hydrogen (secondary N) is 1. The Morgan fingerprint density at radius 3 is 2.74 bits per heavy atom. The molecule has 34 heavy (non-hydrogen) atoms. The highest BCUT2D eigenvalue weighted by Crippen LogP contribution is 2.34. The van der Waals surface area contributed by atoms with Gasteiger partial charge in [0, 0.05) is 32.9 Å². The van der Waals surface area contributed by atoms with Crippen LogP contribution in [-0.2, 0) is 11.8 Å². The Morgan fingerprint density at radius 1 is 1.24 bits per heavy atom. The van der Waals surface area contributed by atoms with E-state index >= 15 is 0 Å². The maximum absolute atomic E-state index is 13.0. The lowest BCUT2D eigenvalue weighted by molar-refractivity contribution is 0.0357. The number of pyridine rings is 1. The van der Waals surface area contributed by atoms with Gasteiger partial charge >= 0.3 is 0 Å². The summed E-state index contributed by atoms with van der Waals surface area (Å²) < 4.78 is 18.2. The third kappa shape index (κ3) is 5.10. The quantitative estimate of drug-likeness (QED) is 0.469. The molecule has 11 heteroatoms. The summed E-state index contributed by atoms with van der Waals surface area (Å²) in [5.74, 6) is 0.727. The van der Waals surface area contributed by atoms with Crippen LogP contribution in [0.3, 0.4) is 0 Å². The Balaban J connectivity index is 1.55. The van der Waals surface area contributed by atoms with Crippen molar-refractivity contribution in [2.24, 2.45) is 7.05 Å². The van der Waals surface area contributed by atoms with Gasteiger partial charge in [-0.05, 0) is 30.7 Å². The first-order chi connectivity index (χ1) is 16.5. The number of aromatic nitrogens is 3. The number of fused-ring (bicyclic) bond motifs is 1. The number of nitrogens with zero attached hydrogens (tertiary/aromatic N) is 4. The number of methoxy groups -OCH3 is 1. The van der Waals surface area contributed by atoms with Crippen molar-refractivity contribution in [3.63, 3.8) is 0 Å². The van der Waals surface area contributed by atoms with Gasteiger partial charge < -0.3 is 19.9 Å². The summed E-state index contributed by atoms with van der Waals surface area (Å²) in [6, 6.07) is 6.42. The van der Waals surface area contributed by atoms with E-state index in [-0.39, 0.29) is 17.1 Å². The van der Waals surface area contributed by atoms with Crippen LogP contribution in [0.15, 0.2) is 35.3 Å². The van der Waals surface area contributed by atoms with Crippen molar-refractivity contribution >= 4 is 28.6 Å². The average molecular weight is 469 g/mol. The lowest BCUT2D eigenvalue weighted by Crippen LogP contribution is -2.37.